The second kappa shape index (κ2) is 6.84. The summed E-state index contributed by atoms with van der Waals surface area (Å²) >= 11 is 3.52. The summed E-state index contributed by atoms with van der Waals surface area (Å²) in [6.07, 6.45) is 5.10. The van der Waals surface area contributed by atoms with Gasteiger partial charge >= 0.3 is 0 Å². The van der Waals surface area contributed by atoms with Gasteiger partial charge in [0, 0.05) is 22.1 Å². The second-order valence-corrected chi connectivity index (χ2v) is 7.07. The highest BCUT2D eigenvalue weighted by Crippen LogP contribution is 2.34. The van der Waals surface area contributed by atoms with Crippen molar-refractivity contribution in [2.75, 3.05) is 6.54 Å². The van der Waals surface area contributed by atoms with Crippen molar-refractivity contribution in [1.29, 1.82) is 0 Å². The lowest BCUT2D eigenvalue weighted by molar-refractivity contribution is 0.0735. The maximum Gasteiger partial charge on any atom is 0.254 e. The zero-order valence-electron chi connectivity index (χ0n) is 13.6. The number of oxazole rings is 1. The number of benzene rings is 2. The molecule has 0 saturated carbocycles. The molecule has 0 spiro atoms. The topological polar surface area (TPSA) is 46.3 Å². The molecule has 2 heterocycles. The van der Waals surface area contributed by atoms with Gasteiger partial charge in [-0.05, 0) is 42.7 Å². The number of nitrogens with zero attached hydrogens (tertiary/aromatic N) is 2. The SMILES string of the molecule is O=C(c1ccc(-c2cnco2)cc1)N1CCCC1c1cccc(Br)c1. The molecule has 2 aromatic carbocycles. The predicted octanol–water partition coefficient (Wildman–Crippen LogP) is 5.08. The van der Waals surface area contributed by atoms with Gasteiger partial charge in [-0.15, -0.1) is 0 Å². The average molecular weight is 397 g/mol. The number of carbonyl (C=O) groups is 1. The van der Waals surface area contributed by atoms with Crippen molar-refractivity contribution < 1.29 is 9.21 Å². The fourth-order valence-corrected chi connectivity index (χ4v) is 3.79. The molecular weight excluding hydrogens is 380 g/mol. The van der Waals surface area contributed by atoms with Crippen molar-refractivity contribution in [2.45, 2.75) is 18.9 Å². The Labute approximate surface area is 154 Å². The molecule has 1 saturated heterocycles. The van der Waals surface area contributed by atoms with Gasteiger partial charge in [0.25, 0.3) is 5.91 Å². The number of rotatable bonds is 3. The van der Waals surface area contributed by atoms with E-state index in [4.69, 9.17) is 4.42 Å². The Morgan fingerprint density at radius 2 is 2.04 bits per heavy atom. The first-order valence-corrected chi connectivity index (χ1v) is 9.07. The van der Waals surface area contributed by atoms with E-state index in [-0.39, 0.29) is 11.9 Å². The summed E-state index contributed by atoms with van der Waals surface area (Å²) in [7, 11) is 0. The number of hydrogen-bond donors (Lipinski definition) is 0. The van der Waals surface area contributed by atoms with E-state index < -0.39 is 0 Å². The zero-order chi connectivity index (χ0) is 17.2. The zero-order valence-corrected chi connectivity index (χ0v) is 15.1. The molecule has 1 aliphatic rings. The smallest absolute Gasteiger partial charge is 0.254 e. The van der Waals surface area contributed by atoms with Gasteiger partial charge in [0.05, 0.1) is 12.2 Å². The van der Waals surface area contributed by atoms with Crippen molar-refractivity contribution in [2.24, 2.45) is 0 Å². The van der Waals surface area contributed by atoms with Gasteiger partial charge in [0.1, 0.15) is 0 Å². The minimum Gasteiger partial charge on any atom is -0.444 e. The van der Waals surface area contributed by atoms with Crippen LogP contribution in [0.3, 0.4) is 0 Å². The highest BCUT2D eigenvalue weighted by molar-refractivity contribution is 9.10. The molecule has 1 atom stereocenters. The van der Waals surface area contributed by atoms with Crippen molar-refractivity contribution in [3.63, 3.8) is 0 Å². The highest BCUT2D eigenvalue weighted by Gasteiger charge is 2.30. The van der Waals surface area contributed by atoms with E-state index in [1.807, 2.05) is 41.3 Å². The van der Waals surface area contributed by atoms with E-state index in [1.54, 1.807) is 6.20 Å². The third-order valence-electron chi connectivity index (χ3n) is 4.60. The Kier molecular flexibility index (Phi) is 4.40. The van der Waals surface area contributed by atoms with Crippen LogP contribution < -0.4 is 0 Å². The van der Waals surface area contributed by atoms with Crippen LogP contribution in [0.1, 0.15) is 34.8 Å². The molecule has 3 aromatic rings. The Morgan fingerprint density at radius 3 is 2.76 bits per heavy atom. The van der Waals surface area contributed by atoms with E-state index in [0.29, 0.717) is 11.3 Å². The molecule has 1 amide bonds. The summed E-state index contributed by atoms with van der Waals surface area (Å²) in [5, 5.41) is 0. The van der Waals surface area contributed by atoms with Crippen LogP contribution in [0.4, 0.5) is 0 Å². The van der Waals surface area contributed by atoms with Crippen molar-refractivity contribution in [3.8, 4) is 11.3 Å². The van der Waals surface area contributed by atoms with Crippen LogP contribution in [0.5, 0.6) is 0 Å². The molecule has 0 radical (unpaired) electrons. The number of halogens is 1. The van der Waals surface area contributed by atoms with Crippen LogP contribution in [0.2, 0.25) is 0 Å². The van der Waals surface area contributed by atoms with Gasteiger partial charge in [-0.25, -0.2) is 4.98 Å². The number of likely N-dealkylation sites (tertiary alicyclic amines) is 1. The molecule has 1 aromatic heterocycles. The van der Waals surface area contributed by atoms with Crippen LogP contribution in [-0.4, -0.2) is 22.3 Å². The molecule has 4 rings (SSSR count). The van der Waals surface area contributed by atoms with Crippen molar-refractivity contribution in [1.82, 2.24) is 9.88 Å². The first-order chi connectivity index (χ1) is 12.2. The summed E-state index contributed by atoms with van der Waals surface area (Å²) in [6.45, 7) is 0.792. The Bertz CT molecular complexity index is 875. The van der Waals surface area contributed by atoms with Gasteiger partial charge in [-0.1, -0.05) is 40.2 Å². The molecule has 5 heteroatoms. The van der Waals surface area contributed by atoms with Gasteiger partial charge in [0.15, 0.2) is 12.2 Å². The highest BCUT2D eigenvalue weighted by atomic mass is 79.9. The van der Waals surface area contributed by atoms with E-state index in [2.05, 4.69) is 33.0 Å². The van der Waals surface area contributed by atoms with Crippen LogP contribution in [0.15, 0.2) is 70.0 Å². The largest absolute Gasteiger partial charge is 0.444 e. The van der Waals surface area contributed by atoms with Gasteiger partial charge in [-0.3, -0.25) is 4.79 Å². The Hall–Kier alpha value is -2.40. The van der Waals surface area contributed by atoms with E-state index in [1.165, 1.54) is 12.0 Å². The summed E-state index contributed by atoms with van der Waals surface area (Å²) < 4.78 is 6.34. The molecule has 4 nitrogen and oxygen atoms in total. The third kappa shape index (κ3) is 3.24. The summed E-state index contributed by atoms with van der Waals surface area (Å²) in [5.41, 5.74) is 2.79. The molecule has 25 heavy (non-hydrogen) atoms. The third-order valence-corrected chi connectivity index (χ3v) is 5.09. The van der Waals surface area contributed by atoms with Gasteiger partial charge in [-0.2, -0.15) is 0 Å². The van der Waals surface area contributed by atoms with Gasteiger partial charge in [0.2, 0.25) is 0 Å². The minimum absolute atomic E-state index is 0.0756. The normalized spacial score (nSPS) is 17.0. The number of carbonyl (C=O) groups excluding carboxylic acids is 1. The second-order valence-electron chi connectivity index (χ2n) is 6.15. The first kappa shape index (κ1) is 16.1. The van der Waals surface area contributed by atoms with Gasteiger partial charge < -0.3 is 9.32 Å². The number of hydrogen-bond acceptors (Lipinski definition) is 3. The van der Waals surface area contributed by atoms with Crippen LogP contribution >= 0.6 is 15.9 Å². The minimum atomic E-state index is 0.0756. The number of aromatic nitrogens is 1. The molecule has 126 valence electrons. The standard InChI is InChI=1S/C20H17BrN2O2/c21-17-4-1-3-16(11-17)18-5-2-10-23(18)20(24)15-8-6-14(7-9-15)19-12-22-13-25-19/h1,3-4,6-9,11-13,18H,2,5,10H2. The molecule has 1 fully saturated rings. The number of amides is 1. The quantitative estimate of drug-likeness (QED) is 0.619. The monoisotopic (exact) mass is 396 g/mol. The Morgan fingerprint density at radius 1 is 1.20 bits per heavy atom. The van der Waals surface area contributed by atoms with E-state index >= 15 is 0 Å². The van der Waals surface area contributed by atoms with Crippen molar-refractivity contribution in [3.05, 3.63) is 76.7 Å². The molecule has 0 N–H and O–H groups in total. The maximum absolute atomic E-state index is 13.0. The maximum atomic E-state index is 13.0. The molecule has 0 bridgehead atoms. The lowest BCUT2D eigenvalue weighted by Crippen LogP contribution is -2.30. The average Bonchev–Trinajstić information content (AvgIpc) is 3.33. The summed E-state index contributed by atoms with van der Waals surface area (Å²) in [6, 6.07) is 15.9. The lowest BCUT2D eigenvalue weighted by atomic mass is 10.0. The fraction of sp³-hybridized carbons (Fsp3) is 0.200. The molecular formula is C20H17BrN2O2. The lowest BCUT2D eigenvalue weighted by Gasteiger charge is -2.25. The molecule has 1 unspecified atom stereocenters. The van der Waals surface area contributed by atoms with Crippen LogP contribution in [0.25, 0.3) is 11.3 Å². The first-order valence-electron chi connectivity index (χ1n) is 8.28. The van der Waals surface area contributed by atoms with Crippen LogP contribution in [-0.2, 0) is 0 Å². The van der Waals surface area contributed by atoms with Crippen LogP contribution in [0, 0.1) is 0 Å². The van der Waals surface area contributed by atoms with E-state index in [9.17, 15) is 4.79 Å². The molecule has 1 aliphatic heterocycles. The fourth-order valence-electron chi connectivity index (χ4n) is 3.37. The summed E-state index contributed by atoms with van der Waals surface area (Å²) in [5.74, 6) is 0.777. The summed E-state index contributed by atoms with van der Waals surface area (Å²) in [4.78, 5) is 18.9. The van der Waals surface area contributed by atoms with Crippen molar-refractivity contribution >= 4 is 21.8 Å². The van der Waals surface area contributed by atoms with E-state index in [0.717, 1.165) is 29.4 Å². The Balaban J connectivity index is 1.57. The molecule has 0 aliphatic carbocycles. The predicted molar refractivity (Wildman–Crippen MR) is 99.1 cm³/mol.